The Morgan fingerprint density at radius 2 is 2.19 bits per heavy atom. The lowest BCUT2D eigenvalue weighted by Crippen LogP contribution is -2.55. The first-order chi connectivity index (χ1) is 10.0. The molecule has 0 spiro atoms. The van der Waals surface area contributed by atoms with Gasteiger partial charge in [0.2, 0.25) is 5.91 Å². The molecule has 2 rings (SSSR count). The van der Waals surface area contributed by atoms with E-state index in [1.807, 2.05) is 24.3 Å². The number of methoxy groups -OCH3 is 1. The van der Waals surface area contributed by atoms with E-state index in [1.165, 1.54) is 0 Å². The van der Waals surface area contributed by atoms with E-state index in [4.69, 9.17) is 4.74 Å². The summed E-state index contributed by atoms with van der Waals surface area (Å²) >= 11 is 0. The van der Waals surface area contributed by atoms with E-state index in [-0.39, 0.29) is 17.4 Å². The number of amides is 1. The van der Waals surface area contributed by atoms with Crippen molar-refractivity contribution in [3.05, 3.63) is 29.8 Å². The van der Waals surface area contributed by atoms with Gasteiger partial charge in [-0.2, -0.15) is 0 Å². The van der Waals surface area contributed by atoms with Crippen LogP contribution in [0, 0.1) is 5.41 Å². The van der Waals surface area contributed by atoms with E-state index in [9.17, 15) is 4.79 Å². The highest BCUT2D eigenvalue weighted by molar-refractivity contribution is 5.82. The van der Waals surface area contributed by atoms with Crippen molar-refractivity contribution in [1.29, 1.82) is 0 Å². The molecule has 0 bridgehead atoms. The molecule has 4 nitrogen and oxygen atoms in total. The van der Waals surface area contributed by atoms with Crippen molar-refractivity contribution in [2.45, 2.75) is 39.2 Å². The molecule has 1 aliphatic heterocycles. The van der Waals surface area contributed by atoms with E-state index in [1.54, 1.807) is 7.11 Å². The molecule has 1 atom stereocenters. The van der Waals surface area contributed by atoms with Gasteiger partial charge < -0.3 is 15.4 Å². The second kappa shape index (κ2) is 6.94. The summed E-state index contributed by atoms with van der Waals surface area (Å²) in [6.07, 6.45) is 3.01. The Bertz CT molecular complexity index is 485. The van der Waals surface area contributed by atoms with Crippen molar-refractivity contribution in [2.75, 3.05) is 20.2 Å². The number of benzene rings is 1. The van der Waals surface area contributed by atoms with Crippen LogP contribution >= 0.6 is 0 Å². The summed E-state index contributed by atoms with van der Waals surface area (Å²) in [5.41, 5.74) is 1.14. The molecule has 1 unspecified atom stereocenters. The summed E-state index contributed by atoms with van der Waals surface area (Å²) in [4.78, 5) is 12.4. The normalized spacial score (nSPS) is 20.8. The van der Waals surface area contributed by atoms with Crippen LogP contribution in [0.5, 0.6) is 5.75 Å². The third-order valence-corrected chi connectivity index (χ3v) is 4.28. The maximum Gasteiger partial charge on any atom is 0.237 e. The number of ether oxygens (including phenoxy) is 1. The highest BCUT2D eigenvalue weighted by atomic mass is 16.5. The summed E-state index contributed by atoms with van der Waals surface area (Å²) in [6, 6.07) is 7.83. The fraction of sp³-hybridized carbons (Fsp3) is 0.588. The van der Waals surface area contributed by atoms with Crippen molar-refractivity contribution in [1.82, 2.24) is 10.6 Å². The summed E-state index contributed by atoms with van der Waals surface area (Å²) in [6.45, 7) is 5.87. The first kappa shape index (κ1) is 15.8. The van der Waals surface area contributed by atoms with E-state index in [2.05, 4.69) is 24.5 Å². The van der Waals surface area contributed by atoms with Crippen LogP contribution in [0.1, 0.15) is 32.3 Å². The zero-order valence-corrected chi connectivity index (χ0v) is 13.2. The number of nitrogens with one attached hydrogen (secondary N) is 2. The van der Waals surface area contributed by atoms with E-state index in [0.29, 0.717) is 6.54 Å². The molecule has 1 heterocycles. The third kappa shape index (κ3) is 3.97. The lowest BCUT2D eigenvalue weighted by atomic mass is 9.77. The number of para-hydroxylation sites is 1. The van der Waals surface area contributed by atoms with Gasteiger partial charge in [0.05, 0.1) is 13.2 Å². The van der Waals surface area contributed by atoms with E-state index < -0.39 is 0 Å². The maximum absolute atomic E-state index is 12.4. The number of carbonyl (C=O) groups is 1. The minimum Gasteiger partial charge on any atom is -0.496 e. The summed E-state index contributed by atoms with van der Waals surface area (Å²) in [5, 5.41) is 6.39. The second-order valence-electron chi connectivity index (χ2n) is 6.33. The maximum atomic E-state index is 12.4. The highest BCUT2D eigenvalue weighted by Gasteiger charge is 2.36. The van der Waals surface area contributed by atoms with Gasteiger partial charge in [-0.1, -0.05) is 32.0 Å². The van der Waals surface area contributed by atoms with Crippen LogP contribution in [0.4, 0.5) is 0 Å². The first-order valence-electron chi connectivity index (χ1n) is 7.67. The molecule has 4 heteroatoms. The summed E-state index contributed by atoms with van der Waals surface area (Å²) in [5.74, 6) is 0.984. The molecule has 116 valence electrons. The van der Waals surface area contributed by atoms with Gasteiger partial charge in [-0.3, -0.25) is 4.79 Å². The van der Waals surface area contributed by atoms with Gasteiger partial charge in [-0.05, 0) is 42.9 Å². The molecule has 0 aromatic heterocycles. The van der Waals surface area contributed by atoms with Crippen LogP contribution in [-0.2, 0) is 11.2 Å². The Morgan fingerprint density at radius 3 is 2.90 bits per heavy atom. The molecule has 1 amide bonds. The molecule has 1 aromatic carbocycles. The van der Waals surface area contributed by atoms with E-state index in [0.717, 1.165) is 37.1 Å². The van der Waals surface area contributed by atoms with Crippen LogP contribution < -0.4 is 15.4 Å². The Balaban J connectivity index is 1.87. The second-order valence-corrected chi connectivity index (χ2v) is 6.33. The number of rotatable bonds is 5. The Labute approximate surface area is 127 Å². The molecule has 21 heavy (non-hydrogen) atoms. The Kier molecular flexibility index (Phi) is 5.23. The molecule has 1 fully saturated rings. The van der Waals surface area contributed by atoms with Gasteiger partial charge in [0.15, 0.2) is 0 Å². The van der Waals surface area contributed by atoms with Gasteiger partial charge in [-0.15, -0.1) is 0 Å². The smallest absolute Gasteiger partial charge is 0.237 e. The quantitative estimate of drug-likeness (QED) is 0.873. The van der Waals surface area contributed by atoms with Crippen LogP contribution in [-0.4, -0.2) is 32.1 Å². The number of hydrogen-bond donors (Lipinski definition) is 2. The number of piperidine rings is 1. The van der Waals surface area contributed by atoms with Crippen LogP contribution in [0.2, 0.25) is 0 Å². The molecule has 1 aromatic rings. The van der Waals surface area contributed by atoms with Gasteiger partial charge in [0.1, 0.15) is 5.75 Å². The predicted molar refractivity (Wildman–Crippen MR) is 84.5 cm³/mol. The fourth-order valence-corrected chi connectivity index (χ4v) is 2.99. The van der Waals surface area contributed by atoms with E-state index >= 15 is 0 Å². The Morgan fingerprint density at radius 1 is 1.43 bits per heavy atom. The van der Waals surface area contributed by atoms with Gasteiger partial charge in [0.25, 0.3) is 0 Å². The standard InChI is InChI=1S/C17H26N2O2/c1-17(2)10-6-11-18-15(17)16(20)19-12-9-13-7-4-5-8-14(13)21-3/h4-5,7-8,15,18H,6,9-12H2,1-3H3,(H,19,20). The summed E-state index contributed by atoms with van der Waals surface area (Å²) in [7, 11) is 1.67. The average Bonchev–Trinajstić information content (AvgIpc) is 2.47. The molecular formula is C17H26N2O2. The zero-order chi connectivity index (χ0) is 15.3. The lowest BCUT2D eigenvalue weighted by molar-refractivity contribution is -0.126. The predicted octanol–water partition coefficient (Wildman–Crippen LogP) is 2.13. The summed E-state index contributed by atoms with van der Waals surface area (Å²) < 4.78 is 5.33. The minimum absolute atomic E-state index is 0.0206. The van der Waals surface area contributed by atoms with Gasteiger partial charge in [-0.25, -0.2) is 0 Å². The van der Waals surface area contributed by atoms with Crippen LogP contribution in [0.25, 0.3) is 0 Å². The monoisotopic (exact) mass is 290 g/mol. The highest BCUT2D eigenvalue weighted by Crippen LogP contribution is 2.30. The topological polar surface area (TPSA) is 50.4 Å². The van der Waals surface area contributed by atoms with Crippen molar-refractivity contribution in [3.8, 4) is 5.75 Å². The van der Waals surface area contributed by atoms with Crippen molar-refractivity contribution in [2.24, 2.45) is 5.41 Å². The lowest BCUT2D eigenvalue weighted by Gasteiger charge is -2.38. The van der Waals surface area contributed by atoms with Gasteiger partial charge >= 0.3 is 0 Å². The third-order valence-electron chi connectivity index (χ3n) is 4.28. The first-order valence-corrected chi connectivity index (χ1v) is 7.67. The molecule has 0 radical (unpaired) electrons. The number of hydrogen-bond acceptors (Lipinski definition) is 3. The SMILES string of the molecule is COc1ccccc1CCNC(=O)C1NCCCC1(C)C. The van der Waals surface area contributed by atoms with Crippen molar-refractivity contribution < 1.29 is 9.53 Å². The molecule has 2 N–H and O–H groups in total. The largest absolute Gasteiger partial charge is 0.496 e. The number of carbonyl (C=O) groups excluding carboxylic acids is 1. The molecule has 1 aliphatic rings. The molecular weight excluding hydrogens is 264 g/mol. The average molecular weight is 290 g/mol. The molecule has 0 aliphatic carbocycles. The fourth-order valence-electron chi connectivity index (χ4n) is 2.99. The molecule has 0 saturated carbocycles. The zero-order valence-electron chi connectivity index (χ0n) is 13.2. The van der Waals surface area contributed by atoms with Crippen LogP contribution in [0.15, 0.2) is 24.3 Å². The Hall–Kier alpha value is -1.55. The van der Waals surface area contributed by atoms with Crippen molar-refractivity contribution >= 4 is 5.91 Å². The van der Waals surface area contributed by atoms with Crippen molar-refractivity contribution in [3.63, 3.8) is 0 Å². The van der Waals surface area contributed by atoms with Crippen LogP contribution in [0.3, 0.4) is 0 Å². The minimum atomic E-state index is -0.0936. The molecule has 1 saturated heterocycles. The van der Waals surface area contributed by atoms with Gasteiger partial charge in [0, 0.05) is 6.54 Å².